The van der Waals surface area contributed by atoms with E-state index in [1.807, 2.05) is 26.1 Å². The van der Waals surface area contributed by atoms with Crippen LogP contribution in [0, 0.1) is 24.1 Å². The average Bonchev–Trinajstić information content (AvgIpc) is 3.29. The van der Waals surface area contributed by atoms with Gasteiger partial charge in [-0.25, -0.2) is 9.37 Å². The minimum Gasteiger partial charge on any atom is -0.321 e. The van der Waals surface area contributed by atoms with E-state index in [9.17, 15) is 14.0 Å². The molecule has 3 heterocycles. The topological polar surface area (TPSA) is 108 Å². The van der Waals surface area contributed by atoms with Crippen molar-refractivity contribution in [1.29, 1.82) is 5.26 Å². The summed E-state index contributed by atoms with van der Waals surface area (Å²) in [4.78, 5) is 34.2. The number of aldehydes is 1. The number of nitrogens with zero attached hydrogens (tertiary/aromatic N) is 3. The number of amides is 1. The van der Waals surface area contributed by atoms with Crippen molar-refractivity contribution in [3.63, 3.8) is 0 Å². The lowest BCUT2D eigenvalue weighted by Gasteiger charge is -2.11. The van der Waals surface area contributed by atoms with Crippen molar-refractivity contribution in [2.45, 2.75) is 23.3 Å². The van der Waals surface area contributed by atoms with Gasteiger partial charge < -0.3 is 10.6 Å². The van der Waals surface area contributed by atoms with E-state index in [-0.39, 0.29) is 5.91 Å². The number of carbonyl (C=O) groups is 2. The fourth-order valence-corrected chi connectivity index (χ4v) is 5.48. The van der Waals surface area contributed by atoms with Gasteiger partial charge in [-0.1, -0.05) is 17.8 Å². The number of thiazole rings is 1. The second-order valence-electron chi connectivity index (χ2n) is 7.67. The summed E-state index contributed by atoms with van der Waals surface area (Å²) in [5.41, 5.74) is 3.44. The fraction of sp³-hybridized carbons (Fsp3) is 0.115. The summed E-state index contributed by atoms with van der Waals surface area (Å²) >= 11 is 2.92. The molecule has 10 heteroatoms. The lowest BCUT2D eigenvalue weighted by atomic mass is 10.1. The second-order valence-corrected chi connectivity index (χ2v) is 9.87. The number of hydrogen-bond acceptors (Lipinski definition) is 8. The van der Waals surface area contributed by atoms with Crippen LogP contribution in [0.5, 0.6) is 0 Å². The quantitative estimate of drug-likeness (QED) is 0.346. The maximum Gasteiger partial charge on any atom is 0.256 e. The van der Waals surface area contributed by atoms with Gasteiger partial charge in [-0.2, -0.15) is 5.26 Å². The standard InChI is InChI=1S/C14H10N2O2S.C12H10FN3S/c1-8-9(7-17)2-3-11-13(8)16-14(18)10-4-5-15-6-12(10)19-11;1-15-6-9-7-16-12(17-9)10-3-2-8(5-14)4-11(10)13/h2-7H,1H3,(H,16,18);2-4,7,15H,6H2,1H3. The first-order chi connectivity index (χ1) is 17.4. The van der Waals surface area contributed by atoms with Crippen molar-refractivity contribution in [2.75, 3.05) is 12.4 Å². The zero-order valence-electron chi connectivity index (χ0n) is 19.3. The number of halogens is 1. The monoisotopic (exact) mass is 517 g/mol. The van der Waals surface area contributed by atoms with Crippen LogP contribution < -0.4 is 10.6 Å². The Bertz CT molecular complexity index is 1500. The third-order valence-electron chi connectivity index (χ3n) is 5.32. The highest BCUT2D eigenvalue weighted by Crippen LogP contribution is 2.40. The molecular weight excluding hydrogens is 497 g/mol. The van der Waals surface area contributed by atoms with Gasteiger partial charge in [0.1, 0.15) is 17.1 Å². The minimum atomic E-state index is -0.408. The summed E-state index contributed by atoms with van der Waals surface area (Å²) in [6.45, 7) is 2.55. The zero-order chi connectivity index (χ0) is 25.7. The number of nitrogens with one attached hydrogen (secondary N) is 2. The molecule has 2 aromatic carbocycles. The molecule has 0 unspecified atom stereocenters. The van der Waals surface area contributed by atoms with Gasteiger partial charge in [-0.3, -0.25) is 14.6 Å². The number of nitriles is 1. The molecule has 5 rings (SSSR count). The first-order valence-corrected chi connectivity index (χ1v) is 12.4. The van der Waals surface area contributed by atoms with E-state index in [1.54, 1.807) is 42.9 Å². The summed E-state index contributed by atoms with van der Waals surface area (Å²) in [5, 5.41) is 15.2. The summed E-state index contributed by atoms with van der Waals surface area (Å²) < 4.78 is 13.7. The Kier molecular flexibility index (Phi) is 7.85. The lowest BCUT2D eigenvalue weighted by Crippen LogP contribution is -2.13. The van der Waals surface area contributed by atoms with Crippen LogP contribution in [0.4, 0.5) is 10.1 Å². The highest BCUT2D eigenvalue weighted by molar-refractivity contribution is 7.99. The molecule has 4 aromatic rings. The van der Waals surface area contributed by atoms with E-state index in [1.165, 1.54) is 29.2 Å². The third kappa shape index (κ3) is 5.33. The van der Waals surface area contributed by atoms with Gasteiger partial charge in [0.05, 0.1) is 22.9 Å². The minimum absolute atomic E-state index is 0.171. The van der Waals surface area contributed by atoms with E-state index in [0.29, 0.717) is 32.9 Å². The van der Waals surface area contributed by atoms with E-state index in [2.05, 4.69) is 20.6 Å². The Labute approximate surface area is 215 Å². The summed E-state index contributed by atoms with van der Waals surface area (Å²) in [6, 6.07) is 11.6. The molecule has 0 saturated heterocycles. The second kappa shape index (κ2) is 11.2. The van der Waals surface area contributed by atoms with Crippen molar-refractivity contribution in [3.8, 4) is 16.6 Å². The number of fused-ring (bicyclic) bond motifs is 2. The smallest absolute Gasteiger partial charge is 0.256 e. The number of carbonyl (C=O) groups excluding carboxylic acids is 2. The number of benzene rings is 2. The Morgan fingerprint density at radius 3 is 2.72 bits per heavy atom. The molecule has 1 amide bonds. The van der Waals surface area contributed by atoms with Crippen LogP contribution in [0.25, 0.3) is 10.6 Å². The van der Waals surface area contributed by atoms with Crippen molar-refractivity contribution < 1.29 is 14.0 Å². The highest BCUT2D eigenvalue weighted by Gasteiger charge is 2.22. The molecule has 36 heavy (non-hydrogen) atoms. The molecule has 180 valence electrons. The van der Waals surface area contributed by atoms with Crippen LogP contribution in [-0.4, -0.2) is 29.2 Å². The van der Waals surface area contributed by atoms with Crippen molar-refractivity contribution in [3.05, 3.63) is 87.9 Å². The van der Waals surface area contributed by atoms with Crippen molar-refractivity contribution in [2.24, 2.45) is 0 Å². The van der Waals surface area contributed by atoms with Crippen LogP contribution in [0.2, 0.25) is 0 Å². The fourth-order valence-electron chi connectivity index (χ4n) is 3.47. The van der Waals surface area contributed by atoms with Crippen LogP contribution in [-0.2, 0) is 6.54 Å². The van der Waals surface area contributed by atoms with Gasteiger partial charge in [0, 0.05) is 50.9 Å². The van der Waals surface area contributed by atoms with Gasteiger partial charge in [-0.15, -0.1) is 11.3 Å². The average molecular weight is 518 g/mol. The van der Waals surface area contributed by atoms with Gasteiger partial charge in [0.2, 0.25) is 0 Å². The third-order valence-corrected chi connectivity index (χ3v) is 7.45. The molecule has 1 aliphatic heterocycles. The highest BCUT2D eigenvalue weighted by atomic mass is 32.2. The van der Waals surface area contributed by atoms with Gasteiger partial charge in [0.25, 0.3) is 5.91 Å². The maximum absolute atomic E-state index is 13.7. The number of aromatic nitrogens is 2. The Hall–Kier alpha value is -3.91. The molecule has 0 fully saturated rings. The van der Waals surface area contributed by atoms with Crippen LogP contribution in [0.1, 0.15) is 36.7 Å². The lowest BCUT2D eigenvalue weighted by molar-refractivity contribution is 0.102. The van der Waals surface area contributed by atoms with Crippen LogP contribution >= 0.6 is 23.1 Å². The molecule has 1 aliphatic rings. The molecule has 2 aromatic heterocycles. The van der Waals surface area contributed by atoms with Gasteiger partial charge in [-0.05, 0) is 49.9 Å². The van der Waals surface area contributed by atoms with Crippen molar-refractivity contribution >= 4 is 41.0 Å². The Morgan fingerprint density at radius 1 is 1.17 bits per heavy atom. The number of hydrogen-bond donors (Lipinski definition) is 2. The SMILES string of the molecule is CNCc1cnc(-c2ccc(C#N)cc2F)s1.Cc1c(C=O)ccc2c1NC(=O)c1ccncc1S2. The molecule has 0 spiro atoms. The number of anilines is 1. The number of rotatable bonds is 4. The zero-order valence-corrected chi connectivity index (χ0v) is 21.0. The van der Waals surface area contributed by atoms with Crippen molar-refractivity contribution in [1.82, 2.24) is 15.3 Å². The predicted octanol–water partition coefficient (Wildman–Crippen LogP) is 5.46. The summed E-state index contributed by atoms with van der Waals surface area (Å²) in [5.74, 6) is -0.579. The van der Waals surface area contributed by atoms with Crippen LogP contribution in [0.3, 0.4) is 0 Å². The maximum atomic E-state index is 13.7. The summed E-state index contributed by atoms with van der Waals surface area (Å²) in [7, 11) is 1.85. The van der Waals surface area contributed by atoms with Gasteiger partial charge >= 0.3 is 0 Å². The first-order valence-electron chi connectivity index (χ1n) is 10.8. The molecule has 2 N–H and O–H groups in total. The predicted molar refractivity (Wildman–Crippen MR) is 138 cm³/mol. The number of pyridine rings is 1. The molecular formula is C26H20FN5O2S2. The van der Waals surface area contributed by atoms with E-state index in [0.717, 1.165) is 33.1 Å². The molecule has 0 atom stereocenters. The van der Waals surface area contributed by atoms with E-state index < -0.39 is 5.82 Å². The molecule has 7 nitrogen and oxygen atoms in total. The molecule has 0 saturated carbocycles. The largest absolute Gasteiger partial charge is 0.321 e. The Balaban J connectivity index is 0.000000170. The summed E-state index contributed by atoms with van der Waals surface area (Å²) in [6.07, 6.45) is 5.80. The molecule has 0 bridgehead atoms. The van der Waals surface area contributed by atoms with Crippen LogP contribution in [0.15, 0.2) is 64.8 Å². The molecule has 0 aliphatic carbocycles. The molecule has 0 radical (unpaired) electrons. The normalized spacial score (nSPS) is 11.7. The first kappa shape index (κ1) is 25.2. The van der Waals surface area contributed by atoms with E-state index >= 15 is 0 Å². The Morgan fingerprint density at radius 2 is 2.00 bits per heavy atom. The van der Waals surface area contributed by atoms with E-state index in [4.69, 9.17) is 5.26 Å². The van der Waals surface area contributed by atoms with Gasteiger partial charge in [0.15, 0.2) is 0 Å².